The highest BCUT2D eigenvalue weighted by molar-refractivity contribution is 6.17. The van der Waals surface area contributed by atoms with Crippen molar-refractivity contribution in [2.45, 2.75) is 38.0 Å². The molecule has 1 aliphatic rings. The maximum absolute atomic E-state index is 5.50. The van der Waals surface area contributed by atoms with E-state index >= 15 is 0 Å². The van der Waals surface area contributed by atoms with Crippen molar-refractivity contribution >= 4 is 10.2 Å². The summed E-state index contributed by atoms with van der Waals surface area (Å²) in [7, 11) is 1.16. The lowest BCUT2D eigenvalue weighted by Gasteiger charge is -2.01. The molecule has 1 nitrogen and oxygen atoms in total. The van der Waals surface area contributed by atoms with Crippen LogP contribution in [-0.4, -0.2) is 21.1 Å². The summed E-state index contributed by atoms with van der Waals surface area (Å²) in [6.45, 7) is 6.58. The van der Waals surface area contributed by atoms with E-state index in [2.05, 4.69) is 20.8 Å². The fourth-order valence-electron chi connectivity index (χ4n) is 1.04. The van der Waals surface area contributed by atoms with Crippen LogP contribution in [0.3, 0.4) is 0 Å². The summed E-state index contributed by atoms with van der Waals surface area (Å²) >= 11 is 0. The molecule has 0 aromatic carbocycles. The molecule has 1 heterocycles. The average Bonchev–Trinajstić information content (AvgIpc) is 2.10. The molecule has 48 valence electrons. The topological polar surface area (TPSA) is 12.5 Å². The highest BCUT2D eigenvalue weighted by Crippen LogP contribution is 2.46. The second-order valence-corrected chi connectivity index (χ2v) is 5.11. The first-order valence-corrected chi connectivity index (χ1v) is 4.22. The molecular weight excluding hydrogens is 116 g/mol. The third kappa shape index (κ3) is 0.633. The zero-order chi connectivity index (χ0) is 6.41. The van der Waals surface area contributed by atoms with Crippen LogP contribution in [0.2, 0.25) is 0 Å². The fraction of sp³-hybridized carbons (Fsp3) is 1.00. The molecule has 1 fully saturated rings. The maximum Gasteiger partial charge on any atom is 0.0901 e. The van der Waals surface area contributed by atoms with Crippen molar-refractivity contribution in [2.75, 3.05) is 0 Å². The van der Waals surface area contributed by atoms with E-state index in [0.29, 0.717) is 5.22 Å². The van der Waals surface area contributed by atoms with E-state index < -0.39 is 0 Å². The smallest absolute Gasteiger partial charge is 0.0901 e. The first-order chi connectivity index (χ1) is 3.52. The molecule has 0 aromatic rings. The molecule has 8 heavy (non-hydrogen) atoms. The molecule has 0 spiro atoms. The van der Waals surface area contributed by atoms with Crippen LogP contribution in [0.4, 0.5) is 0 Å². The van der Waals surface area contributed by atoms with Gasteiger partial charge >= 0.3 is 0 Å². The van der Waals surface area contributed by atoms with E-state index in [4.69, 9.17) is 4.74 Å². The van der Waals surface area contributed by atoms with Crippen LogP contribution >= 0.6 is 0 Å². The van der Waals surface area contributed by atoms with Gasteiger partial charge < -0.3 is 4.74 Å². The molecule has 0 aromatic heterocycles. The molecule has 0 saturated carbocycles. The highest BCUT2D eigenvalue weighted by atomic mass is 28.1. The number of hydrogen-bond acceptors (Lipinski definition) is 1. The Hall–Kier alpha value is 0.177. The molecule has 0 aliphatic carbocycles. The Morgan fingerprint density at radius 1 is 1.50 bits per heavy atom. The van der Waals surface area contributed by atoms with Crippen molar-refractivity contribution in [3.05, 3.63) is 0 Å². The van der Waals surface area contributed by atoms with Gasteiger partial charge in [-0.1, -0.05) is 6.92 Å². The van der Waals surface area contributed by atoms with Crippen LogP contribution in [0.5, 0.6) is 0 Å². The quantitative estimate of drug-likeness (QED) is 0.366. The molecule has 0 amide bonds. The van der Waals surface area contributed by atoms with Crippen molar-refractivity contribution < 1.29 is 4.74 Å². The second-order valence-electron chi connectivity index (χ2n) is 3.20. The van der Waals surface area contributed by atoms with E-state index in [9.17, 15) is 0 Å². The lowest BCUT2D eigenvalue weighted by molar-refractivity contribution is 0.298. The summed E-state index contributed by atoms with van der Waals surface area (Å²) in [5.41, 5.74) is 0.249. The monoisotopic (exact) mass is 130 g/mol. The molecule has 0 N–H and O–H groups in total. The van der Waals surface area contributed by atoms with Crippen molar-refractivity contribution in [2.24, 2.45) is 0 Å². The number of ether oxygens (including phenoxy) is 1. The van der Waals surface area contributed by atoms with Gasteiger partial charge in [-0.25, -0.2) is 0 Å². The molecule has 1 aliphatic heterocycles. The van der Waals surface area contributed by atoms with Crippen LogP contribution in [0, 0.1) is 0 Å². The van der Waals surface area contributed by atoms with E-state index in [0.717, 1.165) is 16.7 Å². The summed E-state index contributed by atoms with van der Waals surface area (Å²) in [4.78, 5) is 0. The van der Waals surface area contributed by atoms with Crippen molar-refractivity contribution in [1.29, 1.82) is 0 Å². The van der Waals surface area contributed by atoms with Gasteiger partial charge in [-0.2, -0.15) is 0 Å². The first kappa shape index (κ1) is 6.30. The van der Waals surface area contributed by atoms with Gasteiger partial charge in [0.25, 0.3) is 0 Å². The molecule has 2 unspecified atom stereocenters. The molecule has 1 rings (SSSR count). The largest absolute Gasteiger partial charge is 0.368 e. The van der Waals surface area contributed by atoms with Crippen LogP contribution < -0.4 is 0 Å². The molecule has 0 bridgehead atoms. The SMILES string of the molecule is CCC1(C)OC1(C)[SiH3]. The van der Waals surface area contributed by atoms with Crippen LogP contribution in [0.25, 0.3) is 0 Å². The fourth-order valence-corrected chi connectivity index (χ4v) is 1.84. The van der Waals surface area contributed by atoms with Crippen LogP contribution in [0.1, 0.15) is 27.2 Å². The van der Waals surface area contributed by atoms with Crippen molar-refractivity contribution in [1.82, 2.24) is 0 Å². The number of rotatable bonds is 1. The van der Waals surface area contributed by atoms with E-state index in [1.165, 1.54) is 0 Å². The zero-order valence-electron chi connectivity index (χ0n) is 6.12. The standard InChI is InChI=1S/C6H14OSi/c1-4-5(2)6(3,8)7-5/h4H2,1-3,8H3. The van der Waals surface area contributed by atoms with Gasteiger partial charge in [0.15, 0.2) is 0 Å². The van der Waals surface area contributed by atoms with Gasteiger partial charge in [0.2, 0.25) is 0 Å². The van der Waals surface area contributed by atoms with Gasteiger partial charge in [-0.3, -0.25) is 0 Å². The second kappa shape index (κ2) is 1.36. The Bertz CT molecular complexity index is 111. The Balaban J connectivity index is 2.55. The predicted molar refractivity (Wildman–Crippen MR) is 38.1 cm³/mol. The van der Waals surface area contributed by atoms with Crippen LogP contribution in [0.15, 0.2) is 0 Å². The maximum atomic E-state index is 5.50. The minimum absolute atomic E-state index is 0.249. The summed E-state index contributed by atoms with van der Waals surface area (Å²) in [6, 6.07) is 0. The lowest BCUT2D eigenvalue weighted by atomic mass is 10.1. The summed E-state index contributed by atoms with van der Waals surface area (Å²) in [5.74, 6) is 0. The summed E-state index contributed by atoms with van der Waals surface area (Å²) in [6.07, 6.45) is 1.16. The van der Waals surface area contributed by atoms with Gasteiger partial charge in [0.05, 0.1) is 10.8 Å². The number of epoxide rings is 1. The minimum atomic E-state index is 0.249. The van der Waals surface area contributed by atoms with Gasteiger partial charge in [-0.05, 0) is 20.3 Å². The molecule has 1 saturated heterocycles. The molecule has 2 atom stereocenters. The minimum Gasteiger partial charge on any atom is -0.368 e. The first-order valence-electron chi connectivity index (χ1n) is 3.22. The molecular formula is C6H14OSi. The normalized spacial score (nSPS) is 54.4. The van der Waals surface area contributed by atoms with Gasteiger partial charge in [-0.15, -0.1) is 0 Å². The number of hydrogen-bond donors (Lipinski definition) is 0. The summed E-state index contributed by atoms with van der Waals surface area (Å²) in [5, 5.41) is 0.293. The highest BCUT2D eigenvalue weighted by Gasteiger charge is 2.57. The average molecular weight is 130 g/mol. The van der Waals surface area contributed by atoms with E-state index in [1.54, 1.807) is 0 Å². The lowest BCUT2D eigenvalue weighted by Crippen LogP contribution is -2.18. The third-order valence-corrected chi connectivity index (χ3v) is 3.65. The van der Waals surface area contributed by atoms with Gasteiger partial charge in [0.1, 0.15) is 0 Å². The van der Waals surface area contributed by atoms with Gasteiger partial charge in [0, 0.05) is 10.2 Å². The van der Waals surface area contributed by atoms with Crippen molar-refractivity contribution in [3.63, 3.8) is 0 Å². The molecule has 2 heteroatoms. The Morgan fingerprint density at radius 3 is 1.88 bits per heavy atom. The Labute approximate surface area is 53.8 Å². The van der Waals surface area contributed by atoms with Crippen LogP contribution in [-0.2, 0) is 4.74 Å². The van der Waals surface area contributed by atoms with Crippen molar-refractivity contribution in [3.8, 4) is 0 Å². The molecule has 0 radical (unpaired) electrons. The Kier molecular flexibility index (Phi) is 1.07. The zero-order valence-corrected chi connectivity index (χ0v) is 8.12. The third-order valence-electron chi connectivity index (χ3n) is 2.39. The summed E-state index contributed by atoms with van der Waals surface area (Å²) < 4.78 is 5.50. The Morgan fingerprint density at radius 2 is 1.88 bits per heavy atom. The van der Waals surface area contributed by atoms with E-state index in [1.807, 2.05) is 0 Å². The predicted octanol–water partition coefficient (Wildman–Crippen LogP) is 0.267. The van der Waals surface area contributed by atoms with E-state index in [-0.39, 0.29) is 5.60 Å².